The summed E-state index contributed by atoms with van der Waals surface area (Å²) < 4.78 is 4.58. The summed E-state index contributed by atoms with van der Waals surface area (Å²) in [6, 6.07) is -0.202. The van der Waals surface area contributed by atoms with Crippen LogP contribution in [-0.4, -0.2) is 51.2 Å². The van der Waals surface area contributed by atoms with E-state index in [-0.39, 0.29) is 12.0 Å². The quantitative estimate of drug-likeness (QED) is 0.474. The molecule has 0 aromatic carbocycles. The monoisotopic (exact) mass is 188 g/mol. The van der Waals surface area contributed by atoms with Gasteiger partial charge in [-0.05, 0) is 40.5 Å². The highest BCUT2D eigenvalue weighted by atomic mass is 16.5. The number of nitrogens with one attached hydrogen (secondary N) is 1. The van der Waals surface area contributed by atoms with Gasteiger partial charge in [-0.15, -0.1) is 0 Å². The predicted octanol–water partition coefficient (Wildman–Crippen LogP) is 0.0892. The fourth-order valence-electron chi connectivity index (χ4n) is 0.974. The minimum atomic E-state index is -0.204. The molecule has 0 aliphatic rings. The Morgan fingerprint density at radius 1 is 1.54 bits per heavy atom. The molecule has 1 N–H and O–H groups in total. The summed E-state index contributed by atoms with van der Waals surface area (Å²) in [4.78, 5) is 13.1. The average molecular weight is 188 g/mol. The Hall–Kier alpha value is -0.610. The third-order valence-electron chi connectivity index (χ3n) is 1.79. The highest BCUT2D eigenvalue weighted by molar-refractivity contribution is 5.74. The van der Waals surface area contributed by atoms with Gasteiger partial charge in [0.25, 0.3) is 0 Å². The maximum Gasteiger partial charge on any atom is 0.322 e. The summed E-state index contributed by atoms with van der Waals surface area (Å²) in [7, 11) is 5.47. The topological polar surface area (TPSA) is 41.6 Å². The van der Waals surface area contributed by atoms with Crippen LogP contribution < -0.4 is 5.32 Å². The van der Waals surface area contributed by atoms with Crippen LogP contribution in [0.2, 0.25) is 0 Å². The molecular weight excluding hydrogens is 168 g/mol. The molecule has 0 rings (SSSR count). The van der Waals surface area contributed by atoms with E-state index in [0.29, 0.717) is 0 Å². The molecule has 78 valence electrons. The van der Waals surface area contributed by atoms with Crippen molar-refractivity contribution in [2.24, 2.45) is 0 Å². The summed E-state index contributed by atoms with van der Waals surface area (Å²) in [5, 5.41) is 3.09. The third-order valence-corrected chi connectivity index (χ3v) is 1.79. The number of ether oxygens (including phenoxy) is 1. The van der Waals surface area contributed by atoms with E-state index < -0.39 is 0 Å². The van der Waals surface area contributed by atoms with Crippen LogP contribution >= 0.6 is 0 Å². The van der Waals surface area contributed by atoms with Crippen molar-refractivity contribution in [1.29, 1.82) is 0 Å². The van der Waals surface area contributed by atoms with E-state index in [1.54, 1.807) is 0 Å². The van der Waals surface area contributed by atoms with Gasteiger partial charge in [0.1, 0.15) is 6.04 Å². The van der Waals surface area contributed by atoms with Gasteiger partial charge in [-0.2, -0.15) is 0 Å². The minimum absolute atomic E-state index is 0.202. The first-order valence-corrected chi connectivity index (χ1v) is 4.54. The van der Waals surface area contributed by atoms with E-state index in [0.717, 1.165) is 19.5 Å². The first kappa shape index (κ1) is 12.4. The van der Waals surface area contributed by atoms with Crippen molar-refractivity contribution >= 4 is 5.97 Å². The Balaban J connectivity index is 3.37. The summed E-state index contributed by atoms with van der Waals surface area (Å²) >= 11 is 0. The smallest absolute Gasteiger partial charge is 0.322 e. The van der Waals surface area contributed by atoms with Gasteiger partial charge in [-0.3, -0.25) is 4.79 Å². The summed E-state index contributed by atoms with van der Waals surface area (Å²) in [6.07, 6.45) is 1.04. The van der Waals surface area contributed by atoms with Crippen LogP contribution in [0.4, 0.5) is 0 Å². The number of carbonyl (C=O) groups is 1. The first-order valence-electron chi connectivity index (χ1n) is 4.54. The number of hydrogen-bond acceptors (Lipinski definition) is 4. The van der Waals surface area contributed by atoms with Crippen LogP contribution in [0.5, 0.6) is 0 Å². The van der Waals surface area contributed by atoms with Gasteiger partial charge < -0.3 is 15.0 Å². The van der Waals surface area contributed by atoms with Crippen LogP contribution in [0, 0.1) is 0 Å². The number of esters is 1. The van der Waals surface area contributed by atoms with Crippen molar-refractivity contribution in [3.8, 4) is 0 Å². The molecule has 1 unspecified atom stereocenters. The Kier molecular flexibility index (Phi) is 6.54. The average Bonchev–Trinajstić information content (AvgIpc) is 2.10. The van der Waals surface area contributed by atoms with Crippen LogP contribution in [0.1, 0.15) is 13.3 Å². The van der Waals surface area contributed by atoms with Crippen molar-refractivity contribution in [3.63, 3.8) is 0 Å². The fourth-order valence-corrected chi connectivity index (χ4v) is 0.974. The SMILES string of the molecule is COC(=O)C(C)NCCCN(C)C. The van der Waals surface area contributed by atoms with E-state index in [4.69, 9.17) is 0 Å². The van der Waals surface area contributed by atoms with Crippen molar-refractivity contribution in [2.75, 3.05) is 34.3 Å². The van der Waals surface area contributed by atoms with Gasteiger partial charge in [0.15, 0.2) is 0 Å². The second kappa shape index (κ2) is 6.86. The molecule has 0 radical (unpaired) electrons. The fraction of sp³-hybridized carbons (Fsp3) is 0.889. The lowest BCUT2D eigenvalue weighted by atomic mass is 10.3. The zero-order chi connectivity index (χ0) is 10.3. The molecule has 0 fully saturated rings. The van der Waals surface area contributed by atoms with Gasteiger partial charge in [0.2, 0.25) is 0 Å². The number of methoxy groups -OCH3 is 1. The van der Waals surface area contributed by atoms with Gasteiger partial charge in [0.05, 0.1) is 7.11 Å². The van der Waals surface area contributed by atoms with Crippen molar-refractivity contribution in [2.45, 2.75) is 19.4 Å². The van der Waals surface area contributed by atoms with Crippen molar-refractivity contribution in [3.05, 3.63) is 0 Å². The molecule has 0 heterocycles. The maximum atomic E-state index is 10.9. The van der Waals surface area contributed by atoms with Gasteiger partial charge >= 0.3 is 5.97 Å². The highest BCUT2D eigenvalue weighted by Gasteiger charge is 2.10. The number of nitrogens with zero attached hydrogens (tertiary/aromatic N) is 1. The lowest BCUT2D eigenvalue weighted by Crippen LogP contribution is -2.36. The van der Waals surface area contributed by atoms with Crippen molar-refractivity contribution < 1.29 is 9.53 Å². The van der Waals surface area contributed by atoms with Gasteiger partial charge in [-0.1, -0.05) is 0 Å². The minimum Gasteiger partial charge on any atom is -0.468 e. The zero-order valence-corrected chi connectivity index (χ0v) is 8.96. The molecular formula is C9H20N2O2. The Bertz CT molecular complexity index is 149. The second-order valence-corrected chi connectivity index (χ2v) is 3.36. The molecule has 0 saturated carbocycles. The largest absolute Gasteiger partial charge is 0.468 e. The lowest BCUT2D eigenvalue weighted by Gasteiger charge is -2.13. The van der Waals surface area contributed by atoms with Crippen LogP contribution in [-0.2, 0) is 9.53 Å². The molecule has 0 saturated heterocycles. The van der Waals surface area contributed by atoms with E-state index in [2.05, 4.69) is 15.0 Å². The third kappa shape index (κ3) is 6.54. The molecule has 4 nitrogen and oxygen atoms in total. The van der Waals surface area contributed by atoms with Gasteiger partial charge in [-0.25, -0.2) is 0 Å². The maximum absolute atomic E-state index is 10.9. The van der Waals surface area contributed by atoms with E-state index in [1.807, 2.05) is 21.0 Å². The van der Waals surface area contributed by atoms with Gasteiger partial charge in [0, 0.05) is 0 Å². The van der Waals surface area contributed by atoms with Crippen LogP contribution in [0.3, 0.4) is 0 Å². The highest BCUT2D eigenvalue weighted by Crippen LogP contribution is 1.87. The molecule has 0 spiro atoms. The zero-order valence-electron chi connectivity index (χ0n) is 8.96. The molecule has 1 atom stereocenters. The van der Waals surface area contributed by atoms with E-state index >= 15 is 0 Å². The molecule has 0 amide bonds. The number of rotatable bonds is 6. The molecule has 13 heavy (non-hydrogen) atoms. The molecule has 0 aromatic rings. The second-order valence-electron chi connectivity index (χ2n) is 3.36. The van der Waals surface area contributed by atoms with E-state index in [9.17, 15) is 4.79 Å². The Labute approximate surface area is 80.2 Å². The first-order chi connectivity index (χ1) is 6.07. The molecule has 0 bridgehead atoms. The molecule has 0 aromatic heterocycles. The normalized spacial score (nSPS) is 13.0. The molecule has 0 aliphatic carbocycles. The standard InChI is InChI=1S/C9H20N2O2/c1-8(9(12)13-4)10-6-5-7-11(2)3/h8,10H,5-7H2,1-4H3. The Morgan fingerprint density at radius 3 is 2.62 bits per heavy atom. The Morgan fingerprint density at radius 2 is 2.15 bits per heavy atom. The molecule has 0 aliphatic heterocycles. The van der Waals surface area contributed by atoms with Crippen molar-refractivity contribution in [1.82, 2.24) is 10.2 Å². The predicted molar refractivity (Wildman–Crippen MR) is 52.7 cm³/mol. The lowest BCUT2D eigenvalue weighted by molar-refractivity contribution is -0.142. The summed E-state index contributed by atoms with van der Waals surface area (Å²) in [5.41, 5.74) is 0. The summed E-state index contributed by atoms with van der Waals surface area (Å²) in [5.74, 6) is -0.204. The molecule has 4 heteroatoms. The van der Waals surface area contributed by atoms with Crippen LogP contribution in [0.15, 0.2) is 0 Å². The summed E-state index contributed by atoms with van der Waals surface area (Å²) in [6.45, 7) is 3.68. The van der Waals surface area contributed by atoms with E-state index in [1.165, 1.54) is 7.11 Å². The number of hydrogen-bond donors (Lipinski definition) is 1. The van der Waals surface area contributed by atoms with Crippen LogP contribution in [0.25, 0.3) is 0 Å². The number of carbonyl (C=O) groups excluding carboxylic acids is 1.